The molecule has 0 aliphatic heterocycles. The number of aryl methyl sites for hydroxylation is 1. The first kappa shape index (κ1) is 20.2. The molecular formula is C16H13Br3N2O3S. The molecule has 0 unspecified atom stereocenters. The number of phenols is 1. The number of nitrogens with one attached hydrogen (secondary N) is 2. The van der Waals surface area contributed by atoms with Crippen molar-refractivity contribution in [3.63, 3.8) is 0 Å². The lowest BCUT2D eigenvalue weighted by atomic mass is 10.2. The first-order valence-corrected chi connectivity index (χ1v) is 9.66. The Morgan fingerprint density at radius 1 is 1.16 bits per heavy atom. The zero-order valence-electron chi connectivity index (χ0n) is 13.1. The number of carbonyl (C=O) groups excluding carboxylic acids is 1. The number of phenolic OH excluding ortho intramolecular Hbond substituents is 1. The van der Waals surface area contributed by atoms with Gasteiger partial charge in [-0.3, -0.25) is 10.1 Å². The number of anilines is 1. The lowest BCUT2D eigenvalue weighted by Gasteiger charge is -2.14. The molecule has 0 saturated carbocycles. The standard InChI is InChI=1S/C16H13Br3N2O3S/c1-7-3-9(6-11(18)13(7)22)20-16(25)21-15(23)10-4-8(17)5-12(19)14(10)24-2/h3-6,22H,1-2H3,(H2,20,21,23,25). The number of ether oxygens (including phenoxy) is 1. The predicted molar refractivity (Wildman–Crippen MR) is 113 cm³/mol. The Kier molecular flexibility index (Phi) is 6.84. The maximum atomic E-state index is 12.5. The van der Waals surface area contributed by atoms with Gasteiger partial charge in [-0.05, 0) is 80.8 Å². The molecule has 2 rings (SSSR count). The highest BCUT2D eigenvalue weighted by molar-refractivity contribution is 9.11. The van der Waals surface area contributed by atoms with Crippen molar-refractivity contribution in [1.29, 1.82) is 0 Å². The summed E-state index contributed by atoms with van der Waals surface area (Å²) in [6.45, 7) is 1.76. The summed E-state index contributed by atoms with van der Waals surface area (Å²) < 4.78 is 7.17. The van der Waals surface area contributed by atoms with Crippen molar-refractivity contribution in [2.45, 2.75) is 6.92 Å². The van der Waals surface area contributed by atoms with E-state index in [1.165, 1.54) is 7.11 Å². The number of benzene rings is 2. The van der Waals surface area contributed by atoms with Crippen LogP contribution in [0.5, 0.6) is 11.5 Å². The predicted octanol–water partition coefficient (Wildman–Crippen LogP) is 5.12. The molecule has 0 fully saturated rings. The molecule has 5 nitrogen and oxygen atoms in total. The third kappa shape index (κ3) is 4.93. The highest BCUT2D eigenvalue weighted by atomic mass is 79.9. The zero-order chi connectivity index (χ0) is 18.7. The first-order valence-electron chi connectivity index (χ1n) is 6.87. The van der Waals surface area contributed by atoms with Gasteiger partial charge in [-0.1, -0.05) is 15.9 Å². The van der Waals surface area contributed by atoms with Crippen molar-refractivity contribution in [3.8, 4) is 11.5 Å². The summed E-state index contributed by atoms with van der Waals surface area (Å²) in [7, 11) is 1.48. The van der Waals surface area contributed by atoms with Gasteiger partial charge in [0.15, 0.2) is 5.11 Å². The number of carbonyl (C=O) groups is 1. The SMILES string of the molecule is COc1c(Br)cc(Br)cc1C(=O)NC(=S)Nc1cc(C)c(O)c(Br)c1. The molecule has 3 N–H and O–H groups in total. The minimum atomic E-state index is -0.411. The second-order valence-electron chi connectivity index (χ2n) is 5.00. The average Bonchev–Trinajstić information content (AvgIpc) is 2.51. The number of aromatic hydroxyl groups is 1. The van der Waals surface area contributed by atoms with Crippen molar-refractivity contribution in [2.24, 2.45) is 0 Å². The largest absolute Gasteiger partial charge is 0.506 e. The highest BCUT2D eigenvalue weighted by Gasteiger charge is 2.17. The molecule has 2 aromatic carbocycles. The Labute approximate surface area is 175 Å². The number of amides is 1. The summed E-state index contributed by atoms with van der Waals surface area (Å²) in [6, 6.07) is 6.80. The van der Waals surface area contributed by atoms with E-state index in [-0.39, 0.29) is 10.9 Å². The summed E-state index contributed by atoms with van der Waals surface area (Å²) in [5.41, 5.74) is 1.63. The average molecular weight is 553 g/mol. The molecule has 2 aromatic rings. The number of hydrogen-bond acceptors (Lipinski definition) is 4. The summed E-state index contributed by atoms with van der Waals surface area (Å²) in [5.74, 6) is 0.155. The van der Waals surface area contributed by atoms with Gasteiger partial charge in [0.2, 0.25) is 0 Å². The molecule has 0 aliphatic carbocycles. The number of thiocarbonyl (C=S) groups is 1. The third-order valence-electron chi connectivity index (χ3n) is 3.20. The number of methoxy groups -OCH3 is 1. The topological polar surface area (TPSA) is 70.6 Å². The van der Waals surface area contributed by atoms with E-state index in [0.29, 0.717) is 31.5 Å². The molecule has 0 aromatic heterocycles. The van der Waals surface area contributed by atoms with Gasteiger partial charge in [0.1, 0.15) is 11.5 Å². The molecule has 1 amide bonds. The van der Waals surface area contributed by atoms with E-state index >= 15 is 0 Å². The Bertz CT molecular complexity index is 836. The van der Waals surface area contributed by atoms with Crippen LogP contribution >= 0.6 is 60.0 Å². The Morgan fingerprint density at radius 2 is 1.84 bits per heavy atom. The lowest BCUT2D eigenvalue weighted by molar-refractivity contribution is 0.0974. The minimum Gasteiger partial charge on any atom is -0.506 e. The maximum absolute atomic E-state index is 12.5. The molecule has 9 heteroatoms. The van der Waals surface area contributed by atoms with Crippen LogP contribution in [0.15, 0.2) is 37.7 Å². The molecule has 0 atom stereocenters. The van der Waals surface area contributed by atoms with Gasteiger partial charge in [-0.2, -0.15) is 0 Å². The Morgan fingerprint density at radius 3 is 2.44 bits per heavy atom. The molecule has 0 radical (unpaired) electrons. The highest BCUT2D eigenvalue weighted by Crippen LogP contribution is 2.33. The molecule has 0 heterocycles. The van der Waals surface area contributed by atoms with Crippen LogP contribution in [-0.4, -0.2) is 23.2 Å². The molecule has 0 spiro atoms. The quantitative estimate of drug-likeness (QED) is 0.364. The molecule has 0 saturated heterocycles. The van der Waals surface area contributed by atoms with Crippen LogP contribution in [0, 0.1) is 6.92 Å². The molecule has 0 aliphatic rings. The van der Waals surface area contributed by atoms with Crippen LogP contribution in [0.1, 0.15) is 15.9 Å². The van der Waals surface area contributed by atoms with Crippen LogP contribution in [0.4, 0.5) is 5.69 Å². The van der Waals surface area contributed by atoms with E-state index in [0.717, 1.165) is 4.47 Å². The number of halogens is 3. The molecular weight excluding hydrogens is 540 g/mol. The van der Waals surface area contributed by atoms with Gasteiger partial charge < -0.3 is 15.2 Å². The smallest absolute Gasteiger partial charge is 0.261 e. The van der Waals surface area contributed by atoms with Crippen molar-refractivity contribution >= 4 is 76.7 Å². The van der Waals surface area contributed by atoms with E-state index in [1.54, 1.807) is 31.2 Å². The second kappa shape index (κ2) is 8.48. The number of hydrogen-bond donors (Lipinski definition) is 3. The van der Waals surface area contributed by atoms with Gasteiger partial charge in [0.05, 0.1) is 21.6 Å². The lowest BCUT2D eigenvalue weighted by Crippen LogP contribution is -2.34. The van der Waals surface area contributed by atoms with E-state index in [2.05, 4.69) is 58.4 Å². The zero-order valence-corrected chi connectivity index (χ0v) is 18.7. The van der Waals surface area contributed by atoms with Crippen molar-refractivity contribution in [2.75, 3.05) is 12.4 Å². The fraction of sp³-hybridized carbons (Fsp3) is 0.125. The maximum Gasteiger partial charge on any atom is 0.261 e. The number of rotatable bonds is 3. The monoisotopic (exact) mass is 550 g/mol. The van der Waals surface area contributed by atoms with Crippen LogP contribution < -0.4 is 15.4 Å². The minimum absolute atomic E-state index is 0.125. The van der Waals surface area contributed by atoms with Crippen molar-refractivity contribution in [3.05, 3.63) is 48.8 Å². The molecule has 25 heavy (non-hydrogen) atoms. The van der Waals surface area contributed by atoms with Gasteiger partial charge >= 0.3 is 0 Å². The molecule has 132 valence electrons. The van der Waals surface area contributed by atoms with E-state index in [4.69, 9.17) is 17.0 Å². The molecule has 0 bridgehead atoms. The van der Waals surface area contributed by atoms with Gasteiger partial charge in [-0.15, -0.1) is 0 Å². The first-order chi connectivity index (χ1) is 11.7. The van der Waals surface area contributed by atoms with Crippen molar-refractivity contribution < 1.29 is 14.6 Å². The van der Waals surface area contributed by atoms with E-state index in [1.807, 2.05) is 0 Å². The summed E-state index contributed by atoms with van der Waals surface area (Å²) in [5, 5.41) is 15.4. The summed E-state index contributed by atoms with van der Waals surface area (Å²) >= 11 is 15.2. The van der Waals surface area contributed by atoms with Gasteiger partial charge in [0.25, 0.3) is 5.91 Å². The van der Waals surface area contributed by atoms with Gasteiger partial charge in [-0.25, -0.2) is 0 Å². The third-order valence-corrected chi connectivity index (χ3v) is 5.05. The van der Waals surface area contributed by atoms with Crippen LogP contribution in [-0.2, 0) is 0 Å². The second-order valence-corrected chi connectivity index (χ2v) is 8.03. The van der Waals surface area contributed by atoms with Crippen LogP contribution in [0.2, 0.25) is 0 Å². The van der Waals surface area contributed by atoms with Crippen molar-refractivity contribution in [1.82, 2.24) is 5.32 Å². The van der Waals surface area contributed by atoms with Crippen LogP contribution in [0.25, 0.3) is 0 Å². The van der Waals surface area contributed by atoms with E-state index in [9.17, 15) is 9.90 Å². The Hall–Kier alpha value is -1.16. The summed E-state index contributed by atoms with van der Waals surface area (Å²) in [4.78, 5) is 12.5. The fourth-order valence-corrected chi connectivity index (χ4v) is 4.23. The normalized spacial score (nSPS) is 10.3. The van der Waals surface area contributed by atoms with Crippen LogP contribution in [0.3, 0.4) is 0 Å². The fourth-order valence-electron chi connectivity index (χ4n) is 2.08. The Balaban J connectivity index is 2.17. The van der Waals surface area contributed by atoms with Gasteiger partial charge in [0, 0.05) is 10.2 Å². The van der Waals surface area contributed by atoms with E-state index < -0.39 is 5.91 Å². The summed E-state index contributed by atoms with van der Waals surface area (Å²) in [6.07, 6.45) is 0.